The fourth-order valence-electron chi connectivity index (χ4n) is 1.82. The molecule has 0 spiro atoms. The fraction of sp³-hybridized carbons (Fsp3) is 0.462. The zero-order valence-corrected chi connectivity index (χ0v) is 11.6. The highest BCUT2D eigenvalue weighted by Crippen LogP contribution is 2.09. The number of hydrogen-bond donors (Lipinski definition) is 1. The van der Waals surface area contributed by atoms with Crippen LogP contribution in [0.4, 0.5) is 0 Å². The third-order valence-corrected chi connectivity index (χ3v) is 4.48. The summed E-state index contributed by atoms with van der Waals surface area (Å²) in [7, 11) is -0.729. The van der Waals surface area contributed by atoms with E-state index < -0.39 is 10.8 Å². The standard InChI is InChI=1S/C13H19N3OS/c1-11(18(2)17)6-7-14-9-12-10-15-16-8-4-3-5-13(12)16/h3-5,8,10-11,14H,6-7,9H2,1-2H3. The summed E-state index contributed by atoms with van der Waals surface area (Å²) in [4.78, 5) is 0. The van der Waals surface area contributed by atoms with E-state index in [9.17, 15) is 4.21 Å². The largest absolute Gasteiger partial charge is 0.312 e. The first kappa shape index (κ1) is 13.2. The lowest BCUT2D eigenvalue weighted by Crippen LogP contribution is -2.20. The minimum absolute atomic E-state index is 0.251. The second kappa shape index (κ2) is 6.11. The third kappa shape index (κ3) is 3.17. The topological polar surface area (TPSA) is 46.4 Å². The molecular formula is C13H19N3OS. The molecule has 0 saturated heterocycles. The number of fused-ring (bicyclic) bond motifs is 1. The van der Waals surface area contributed by atoms with Crippen LogP contribution < -0.4 is 5.32 Å². The highest BCUT2D eigenvalue weighted by molar-refractivity contribution is 7.84. The van der Waals surface area contributed by atoms with Gasteiger partial charge in [0.1, 0.15) is 0 Å². The van der Waals surface area contributed by atoms with Gasteiger partial charge in [-0.2, -0.15) is 5.10 Å². The summed E-state index contributed by atoms with van der Waals surface area (Å²) in [5, 5.41) is 7.92. The van der Waals surface area contributed by atoms with Crippen LogP contribution in [0, 0.1) is 0 Å². The highest BCUT2D eigenvalue weighted by atomic mass is 32.2. The predicted octanol–water partition coefficient (Wildman–Crippen LogP) is 1.58. The fourth-order valence-corrected chi connectivity index (χ4v) is 2.27. The summed E-state index contributed by atoms with van der Waals surface area (Å²) < 4.78 is 13.1. The van der Waals surface area contributed by atoms with Gasteiger partial charge in [0.15, 0.2) is 0 Å². The Balaban J connectivity index is 1.85. The molecule has 2 aromatic rings. The Bertz CT molecular complexity index is 538. The third-order valence-electron chi connectivity index (χ3n) is 3.12. The average Bonchev–Trinajstić information content (AvgIpc) is 2.77. The van der Waals surface area contributed by atoms with Crippen molar-refractivity contribution in [1.82, 2.24) is 14.9 Å². The van der Waals surface area contributed by atoms with Crippen molar-refractivity contribution >= 4 is 16.3 Å². The summed E-state index contributed by atoms with van der Waals surface area (Å²) in [6.07, 6.45) is 6.53. The highest BCUT2D eigenvalue weighted by Gasteiger charge is 2.06. The molecule has 0 aromatic carbocycles. The van der Waals surface area contributed by atoms with Crippen molar-refractivity contribution in [2.75, 3.05) is 12.8 Å². The number of pyridine rings is 1. The van der Waals surface area contributed by atoms with Gasteiger partial charge in [0, 0.05) is 40.6 Å². The summed E-state index contributed by atoms with van der Waals surface area (Å²) in [6.45, 7) is 3.70. The van der Waals surface area contributed by atoms with E-state index in [0.29, 0.717) is 0 Å². The summed E-state index contributed by atoms with van der Waals surface area (Å²) in [5.41, 5.74) is 2.33. The maximum absolute atomic E-state index is 11.2. The summed E-state index contributed by atoms with van der Waals surface area (Å²) in [5.74, 6) is 0. The van der Waals surface area contributed by atoms with Gasteiger partial charge in [0.2, 0.25) is 0 Å². The van der Waals surface area contributed by atoms with Crippen molar-refractivity contribution in [1.29, 1.82) is 0 Å². The van der Waals surface area contributed by atoms with E-state index in [-0.39, 0.29) is 5.25 Å². The molecular weight excluding hydrogens is 246 g/mol. The number of hydrogen-bond acceptors (Lipinski definition) is 3. The number of aromatic nitrogens is 2. The molecule has 2 heterocycles. The van der Waals surface area contributed by atoms with Crippen molar-refractivity contribution < 1.29 is 4.21 Å². The molecule has 4 nitrogen and oxygen atoms in total. The van der Waals surface area contributed by atoms with E-state index in [0.717, 1.165) is 25.0 Å². The number of rotatable bonds is 6. The normalized spacial score (nSPS) is 14.8. The molecule has 5 heteroatoms. The quantitative estimate of drug-likeness (QED) is 0.807. The van der Waals surface area contributed by atoms with Crippen LogP contribution in [0.15, 0.2) is 30.6 Å². The van der Waals surface area contributed by atoms with Gasteiger partial charge in [-0.05, 0) is 25.1 Å². The predicted molar refractivity (Wildman–Crippen MR) is 75.0 cm³/mol. The Labute approximate surface area is 110 Å². The maximum atomic E-state index is 11.2. The van der Waals surface area contributed by atoms with Crippen molar-refractivity contribution in [3.05, 3.63) is 36.2 Å². The zero-order valence-electron chi connectivity index (χ0n) is 10.8. The second-order valence-electron chi connectivity index (χ2n) is 4.47. The lowest BCUT2D eigenvalue weighted by Gasteiger charge is -2.08. The van der Waals surface area contributed by atoms with Crippen molar-refractivity contribution in [3.63, 3.8) is 0 Å². The van der Waals surface area contributed by atoms with Gasteiger partial charge in [0.05, 0.1) is 11.7 Å². The Morgan fingerprint density at radius 1 is 1.50 bits per heavy atom. The van der Waals surface area contributed by atoms with Crippen molar-refractivity contribution in [3.8, 4) is 0 Å². The van der Waals surface area contributed by atoms with E-state index in [2.05, 4.69) is 16.5 Å². The van der Waals surface area contributed by atoms with E-state index in [4.69, 9.17) is 0 Å². The minimum atomic E-state index is -0.729. The Kier molecular flexibility index (Phi) is 4.49. The molecule has 2 rings (SSSR count). The Morgan fingerprint density at radius 2 is 2.33 bits per heavy atom. The van der Waals surface area contributed by atoms with Gasteiger partial charge < -0.3 is 5.32 Å². The van der Waals surface area contributed by atoms with Gasteiger partial charge in [0.25, 0.3) is 0 Å². The molecule has 0 aliphatic rings. The lowest BCUT2D eigenvalue weighted by molar-refractivity contribution is 0.630. The molecule has 18 heavy (non-hydrogen) atoms. The molecule has 2 unspecified atom stereocenters. The molecule has 1 N–H and O–H groups in total. The zero-order chi connectivity index (χ0) is 13.0. The van der Waals surface area contributed by atoms with Gasteiger partial charge in [-0.15, -0.1) is 0 Å². The van der Waals surface area contributed by atoms with E-state index in [1.54, 1.807) is 6.26 Å². The molecule has 2 aromatic heterocycles. The Hall–Kier alpha value is -1.20. The first-order valence-corrected chi connectivity index (χ1v) is 7.75. The van der Waals surface area contributed by atoms with Gasteiger partial charge in [-0.3, -0.25) is 4.21 Å². The smallest absolute Gasteiger partial charge is 0.0706 e. The summed E-state index contributed by atoms with van der Waals surface area (Å²) in [6, 6.07) is 6.05. The van der Waals surface area contributed by atoms with Crippen LogP contribution in [-0.4, -0.2) is 31.9 Å². The summed E-state index contributed by atoms with van der Waals surface area (Å²) >= 11 is 0. The SMILES string of the molecule is CC(CCNCc1cnn2ccccc12)S(C)=O. The van der Waals surface area contributed by atoms with Crippen LogP contribution in [0.2, 0.25) is 0 Å². The van der Waals surface area contributed by atoms with E-state index in [1.807, 2.05) is 36.0 Å². The average molecular weight is 265 g/mol. The molecule has 98 valence electrons. The van der Waals surface area contributed by atoms with Gasteiger partial charge in [-0.1, -0.05) is 13.0 Å². The van der Waals surface area contributed by atoms with Crippen LogP contribution in [0.5, 0.6) is 0 Å². The van der Waals surface area contributed by atoms with Gasteiger partial charge >= 0.3 is 0 Å². The minimum Gasteiger partial charge on any atom is -0.312 e. The number of nitrogens with one attached hydrogen (secondary N) is 1. The van der Waals surface area contributed by atoms with E-state index >= 15 is 0 Å². The van der Waals surface area contributed by atoms with Crippen LogP contribution in [0.1, 0.15) is 18.9 Å². The van der Waals surface area contributed by atoms with Crippen LogP contribution in [-0.2, 0) is 17.3 Å². The molecule has 0 aliphatic carbocycles. The maximum Gasteiger partial charge on any atom is 0.0706 e. The van der Waals surface area contributed by atoms with Crippen LogP contribution >= 0.6 is 0 Å². The molecule has 0 radical (unpaired) electrons. The first-order chi connectivity index (χ1) is 8.68. The molecule has 0 amide bonds. The van der Waals surface area contributed by atoms with Crippen LogP contribution in [0.3, 0.4) is 0 Å². The molecule has 2 atom stereocenters. The monoisotopic (exact) mass is 265 g/mol. The number of nitrogens with zero attached hydrogens (tertiary/aromatic N) is 2. The first-order valence-electron chi connectivity index (χ1n) is 6.12. The van der Waals surface area contributed by atoms with Crippen LogP contribution in [0.25, 0.3) is 5.52 Å². The molecule has 0 bridgehead atoms. The Morgan fingerprint density at radius 3 is 3.11 bits per heavy atom. The van der Waals surface area contributed by atoms with Gasteiger partial charge in [-0.25, -0.2) is 4.52 Å². The molecule has 0 fully saturated rings. The van der Waals surface area contributed by atoms with Crippen molar-refractivity contribution in [2.45, 2.75) is 25.1 Å². The second-order valence-corrected chi connectivity index (χ2v) is 6.28. The molecule has 0 aliphatic heterocycles. The van der Waals surface area contributed by atoms with Crippen molar-refractivity contribution in [2.24, 2.45) is 0 Å². The lowest BCUT2D eigenvalue weighted by atomic mass is 10.2. The van der Waals surface area contributed by atoms with E-state index in [1.165, 1.54) is 5.56 Å². The molecule has 0 saturated carbocycles.